The molecule has 2 amide bonds. The fourth-order valence-corrected chi connectivity index (χ4v) is 2.66. The zero-order valence-corrected chi connectivity index (χ0v) is 13.9. The summed E-state index contributed by atoms with van der Waals surface area (Å²) in [5.74, 6) is -0.628. The molecule has 1 aromatic carbocycles. The molecule has 1 fully saturated rings. The third kappa shape index (κ3) is 4.29. The smallest absolute Gasteiger partial charge is 0.270 e. The molecule has 0 aliphatic carbocycles. The number of rotatable bonds is 5. The van der Waals surface area contributed by atoms with Crippen LogP contribution in [0.4, 0.5) is 5.69 Å². The molecule has 24 heavy (non-hydrogen) atoms. The first-order valence-electron chi connectivity index (χ1n) is 7.98. The lowest BCUT2D eigenvalue weighted by atomic mass is 10.1. The Morgan fingerprint density at radius 1 is 1.29 bits per heavy atom. The first-order chi connectivity index (χ1) is 11.4. The van der Waals surface area contributed by atoms with Crippen LogP contribution in [0.2, 0.25) is 0 Å². The van der Waals surface area contributed by atoms with Crippen molar-refractivity contribution in [2.45, 2.75) is 19.9 Å². The predicted octanol–water partition coefficient (Wildman–Crippen LogP) is 0.877. The summed E-state index contributed by atoms with van der Waals surface area (Å²) in [5.41, 5.74) is 0.0111. The van der Waals surface area contributed by atoms with Gasteiger partial charge in [0.1, 0.15) is 6.04 Å². The Balaban J connectivity index is 1.95. The van der Waals surface area contributed by atoms with Gasteiger partial charge in [-0.15, -0.1) is 0 Å². The highest BCUT2D eigenvalue weighted by Gasteiger charge is 2.25. The Kier molecular flexibility index (Phi) is 5.86. The minimum Gasteiger partial charge on any atom is -0.341 e. The van der Waals surface area contributed by atoms with Gasteiger partial charge in [0.2, 0.25) is 5.91 Å². The summed E-state index contributed by atoms with van der Waals surface area (Å²) in [6.07, 6.45) is 0. The highest BCUT2D eigenvalue weighted by Crippen LogP contribution is 2.13. The molecule has 0 aromatic heterocycles. The molecule has 0 radical (unpaired) electrons. The predicted molar refractivity (Wildman–Crippen MR) is 88.7 cm³/mol. The summed E-state index contributed by atoms with van der Waals surface area (Å²) >= 11 is 0. The van der Waals surface area contributed by atoms with E-state index in [4.69, 9.17) is 0 Å². The molecule has 1 aromatic rings. The molecule has 0 unspecified atom stereocenters. The van der Waals surface area contributed by atoms with Crippen molar-refractivity contribution in [1.82, 2.24) is 15.1 Å². The fraction of sp³-hybridized carbons (Fsp3) is 0.500. The van der Waals surface area contributed by atoms with E-state index in [1.54, 1.807) is 11.8 Å². The van der Waals surface area contributed by atoms with Gasteiger partial charge in [-0.2, -0.15) is 0 Å². The van der Waals surface area contributed by atoms with E-state index in [9.17, 15) is 19.7 Å². The van der Waals surface area contributed by atoms with Crippen LogP contribution in [-0.4, -0.2) is 65.3 Å². The SMILES string of the molecule is CCN1CCN(C(=O)[C@@H](C)NC(=O)c2cccc([N+](=O)[O-])c2)CC1. The molecule has 1 saturated heterocycles. The molecule has 8 nitrogen and oxygen atoms in total. The van der Waals surface area contributed by atoms with E-state index < -0.39 is 16.9 Å². The molecule has 1 N–H and O–H groups in total. The number of nitro groups is 1. The molecule has 0 spiro atoms. The number of carbonyl (C=O) groups excluding carboxylic acids is 2. The summed E-state index contributed by atoms with van der Waals surface area (Å²) in [6.45, 7) is 7.61. The van der Waals surface area contributed by atoms with Crippen LogP contribution >= 0.6 is 0 Å². The number of hydrogen-bond donors (Lipinski definition) is 1. The topological polar surface area (TPSA) is 95.8 Å². The van der Waals surface area contributed by atoms with Crippen LogP contribution in [0.1, 0.15) is 24.2 Å². The third-order valence-corrected chi connectivity index (χ3v) is 4.17. The van der Waals surface area contributed by atoms with Crippen molar-refractivity contribution in [2.75, 3.05) is 32.7 Å². The van der Waals surface area contributed by atoms with Gasteiger partial charge < -0.3 is 15.1 Å². The summed E-state index contributed by atoms with van der Waals surface area (Å²) in [4.78, 5) is 38.8. The second-order valence-corrected chi connectivity index (χ2v) is 5.76. The Morgan fingerprint density at radius 2 is 1.96 bits per heavy atom. The Labute approximate surface area is 140 Å². The molecule has 1 aliphatic heterocycles. The molecule has 130 valence electrons. The number of hydrogen-bond acceptors (Lipinski definition) is 5. The molecular weight excluding hydrogens is 312 g/mol. The van der Waals surface area contributed by atoms with Crippen LogP contribution in [0.25, 0.3) is 0 Å². The van der Waals surface area contributed by atoms with Gasteiger partial charge in [-0.3, -0.25) is 19.7 Å². The zero-order valence-electron chi connectivity index (χ0n) is 13.9. The lowest BCUT2D eigenvalue weighted by Crippen LogP contribution is -2.54. The average Bonchev–Trinajstić information content (AvgIpc) is 2.61. The largest absolute Gasteiger partial charge is 0.341 e. The van der Waals surface area contributed by atoms with Gasteiger partial charge in [0.15, 0.2) is 0 Å². The van der Waals surface area contributed by atoms with E-state index in [0.717, 1.165) is 19.6 Å². The maximum absolute atomic E-state index is 12.4. The van der Waals surface area contributed by atoms with Crippen LogP contribution in [-0.2, 0) is 4.79 Å². The van der Waals surface area contributed by atoms with Crippen molar-refractivity contribution in [3.63, 3.8) is 0 Å². The fourth-order valence-electron chi connectivity index (χ4n) is 2.66. The Bertz CT molecular complexity index is 626. The number of amides is 2. The van der Waals surface area contributed by atoms with Gasteiger partial charge in [-0.1, -0.05) is 13.0 Å². The number of nitrogens with zero attached hydrogens (tertiary/aromatic N) is 3. The van der Waals surface area contributed by atoms with Crippen molar-refractivity contribution < 1.29 is 14.5 Å². The number of piperazine rings is 1. The highest BCUT2D eigenvalue weighted by molar-refractivity contribution is 5.97. The van der Waals surface area contributed by atoms with E-state index in [0.29, 0.717) is 13.1 Å². The van der Waals surface area contributed by atoms with E-state index in [1.807, 2.05) is 0 Å². The van der Waals surface area contributed by atoms with E-state index >= 15 is 0 Å². The van der Waals surface area contributed by atoms with Crippen LogP contribution in [0.5, 0.6) is 0 Å². The lowest BCUT2D eigenvalue weighted by molar-refractivity contribution is -0.384. The quantitative estimate of drug-likeness (QED) is 0.637. The maximum atomic E-state index is 12.4. The molecule has 2 rings (SSSR count). The minimum atomic E-state index is -0.676. The first-order valence-corrected chi connectivity index (χ1v) is 7.98. The van der Waals surface area contributed by atoms with Crippen LogP contribution in [0, 0.1) is 10.1 Å². The van der Waals surface area contributed by atoms with Gasteiger partial charge in [0, 0.05) is 43.9 Å². The van der Waals surface area contributed by atoms with Crippen molar-refractivity contribution >= 4 is 17.5 Å². The van der Waals surface area contributed by atoms with E-state index in [2.05, 4.69) is 17.1 Å². The Morgan fingerprint density at radius 3 is 2.54 bits per heavy atom. The minimum absolute atomic E-state index is 0.135. The molecule has 8 heteroatoms. The average molecular weight is 334 g/mol. The second kappa shape index (κ2) is 7.87. The second-order valence-electron chi connectivity index (χ2n) is 5.76. The number of likely N-dealkylation sites (N-methyl/N-ethyl adjacent to an activating group) is 1. The number of non-ortho nitro benzene ring substituents is 1. The third-order valence-electron chi connectivity index (χ3n) is 4.17. The van der Waals surface area contributed by atoms with Crippen molar-refractivity contribution in [1.29, 1.82) is 0 Å². The highest BCUT2D eigenvalue weighted by atomic mass is 16.6. The van der Waals surface area contributed by atoms with Crippen LogP contribution < -0.4 is 5.32 Å². The van der Waals surface area contributed by atoms with Crippen molar-refractivity contribution in [3.05, 3.63) is 39.9 Å². The first kappa shape index (κ1) is 17.9. The molecule has 1 atom stereocenters. The van der Waals surface area contributed by atoms with E-state index in [-0.39, 0.29) is 17.2 Å². The van der Waals surface area contributed by atoms with Crippen molar-refractivity contribution in [3.8, 4) is 0 Å². The van der Waals surface area contributed by atoms with Gasteiger partial charge >= 0.3 is 0 Å². The lowest BCUT2D eigenvalue weighted by Gasteiger charge is -2.35. The summed E-state index contributed by atoms with van der Waals surface area (Å²) in [6, 6.07) is 4.78. The molecular formula is C16H22N4O4. The monoisotopic (exact) mass is 334 g/mol. The number of carbonyl (C=O) groups is 2. The Hall–Kier alpha value is -2.48. The normalized spacial score (nSPS) is 16.5. The summed E-state index contributed by atoms with van der Waals surface area (Å²) < 4.78 is 0. The summed E-state index contributed by atoms with van der Waals surface area (Å²) in [5, 5.41) is 13.4. The zero-order chi connectivity index (χ0) is 17.7. The molecule has 0 saturated carbocycles. The number of benzene rings is 1. The van der Waals surface area contributed by atoms with Crippen LogP contribution in [0.3, 0.4) is 0 Å². The molecule has 1 heterocycles. The maximum Gasteiger partial charge on any atom is 0.270 e. The van der Waals surface area contributed by atoms with E-state index in [1.165, 1.54) is 24.3 Å². The summed E-state index contributed by atoms with van der Waals surface area (Å²) in [7, 11) is 0. The van der Waals surface area contributed by atoms with Crippen molar-refractivity contribution in [2.24, 2.45) is 0 Å². The number of nitrogens with one attached hydrogen (secondary N) is 1. The van der Waals surface area contributed by atoms with Gasteiger partial charge in [0.25, 0.3) is 11.6 Å². The van der Waals surface area contributed by atoms with Gasteiger partial charge in [-0.25, -0.2) is 0 Å². The molecule has 1 aliphatic rings. The molecule has 0 bridgehead atoms. The van der Waals surface area contributed by atoms with Gasteiger partial charge in [0.05, 0.1) is 4.92 Å². The standard InChI is InChI=1S/C16H22N4O4/c1-3-18-7-9-19(10-8-18)16(22)12(2)17-15(21)13-5-4-6-14(11-13)20(23)24/h4-6,11-12H,3,7-10H2,1-2H3,(H,17,21)/t12-/m1/s1. The van der Waals surface area contributed by atoms with Gasteiger partial charge in [-0.05, 0) is 19.5 Å². The van der Waals surface area contributed by atoms with Crippen LogP contribution in [0.15, 0.2) is 24.3 Å². The number of nitro benzene ring substituents is 1.